The molecule has 1 saturated carbocycles. The van der Waals surface area contributed by atoms with E-state index in [0.29, 0.717) is 5.92 Å². The SMILES string of the molecule is CCCCC[C@]1(OC)CC[C@H](c2ccc(-c3cccs3)cn2)CC1. The third kappa shape index (κ3) is 4.07. The molecule has 3 rings (SSSR count). The largest absolute Gasteiger partial charge is 0.378 e. The predicted octanol–water partition coefficient (Wildman–Crippen LogP) is 6.43. The molecule has 0 spiro atoms. The summed E-state index contributed by atoms with van der Waals surface area (Å²) in [5.41, 5.74) is 2.62. The van der Waals surface area contributed by atoms with E-state index in [4.69, 9.17) is 9.72 Å². The van der Waals surface area contributed by atoms with Crippen molar-refractivity contribution in [2.45, 2.75) is 69.8 Å². The van der Waals surface area contributed by atoms with E-state index in [0.717, 1.165) is 0 Å². The van der Waals surface area contributed by atoms with Crippen LogP contribution < -0.4 is 0 Å². The maximum Gasteiger partial charge on any atom is 0.0679 e. The Morgan fingerprint density at radius 1 is 1.21 bits per heavy atom. The van der Waals surface area contributed by atoms with E-state index < -0.39 is 0 Å². The van der Waals surface area contributed by atoms with Crippen molar-refractivity contribution < 1.29 is 4.74 Å². The molecule has 0 amide bonds. The Hall–Kier alpha value is -1.19. The van der Waals surface area contributed by atoms with Crippen LogP contribution in [0.25, 0.3) is 10.4 Å². The highest BCUT2D eigenvalue weighted by atomic mass is 32.1. The summed E-state index contributed by atoms with van der Waals surface area (Å²) in [5, 5.41) is 2.12. The molecule has 2 heterocycles. The molecule has 0 radical (unpaired) electrons. The van der Waals surface area contributed by atoms with Gasteiger partial charge >= 0.3 is 0 Å². The molecule has 24 heavy (non-hydrogen) atoms. The molecule has 1 fully saturated rings. The van der Waals surface area contributed by atoms with Crippen LogP contribution in [0.3, 0.4) is 0 Å². The molecule has 0 unspecified atom stereocenters. The molecule has 2 aromatic rings. The molecule has 2 aromatic heterocycles. The second-order valence-electron chi connectivity index (χ2n) is 7.07. The lowest BCUT2D eigenvalue weighted by Crippen LogP contribution is -2.35. The third-order valence-corrected chi connectivity index (χ3v) is 6.50. The molecule has 0 bridgehead atoms. The van der Waals surface area contributed by atoms with Gasteiger partial charge in [-0.25, -0.2) is 0 Å². The minimum Gasteiger partial charge on any atom is -0.378 e. The van der Waals surface area contributed by atoms with Gasteiger partial charge in [0, 0.05) is 35.4 Å². The summed E-state index contributed by atoms with van der Waals surface area (Å²) in [6, 6.07) is 8.72. The van der Waals surface area contributed by atoms with Gasteiger partial charge in [-0.2, -0.15) is 0 Å². The van der Waals surface area contributed by atoms with Crippen LogP contribution in [-0.4, -0.2) is 17.7 Å². The molecule has 2 nitrogen and oxygen atoms in total. The number of aromatic nitrogens is 1. The van der Waals surface area contributed by atoms with Gasteiger partial charge in [0.05, 0.1) is 5.60 Å². The monoisotopic (exact) mass is 343 g/mol. The van der Waals surface area contributed by atoms with Crippen LogP contribution in [0.15, 0.2) is 35.8 Å². The fraction of sp³-hybridized carbons (Fsp3) is 0.571. The lowest BCUT2D eigenvalue weighted by atomic mass is 9.75. The Balaban J connectivity index is 1.59. The Labute approximate surface area is 150 Å². The summed E-state index contributed by atoms with van der Waals surface area (Å²) in [6.07, 6.45) is 11.9. The van der Waals surface area contributed by atoms with Crippen LogP contribution in [0.4, 0.5) is 0 Å². The van der Waals surface area contributed by atoms with Gasteiger partial charge in [0.15, 0.2) is 0 Å². The Kier molecular flexibility index (Phi) is 6.07. The summed E-state index contributed by atoms with van der Waals surface area (Å²) in [4.78, 5) is 6.07. The molecular formula is C21H29NOS. The number of thiophene rings is 1. The Morgan fingerprint density at radius 2 is 2.04 bits per heavy atom. The van der Waals surface area contributed by atoms with E-state index in [1.54, 1.807) is 11.3 Å². The number of hydrogen-bond donors (Lipinski definition) is 0. The molecule has 0 N–H and O–H groups in total. The Bertz CT molecular complexity index is 597. The highest BCUT2D eigenvalue weighted by Gasteiger charge is 2.35. The van der Waals surface area contributed by atoms with E-state index in [9.17, 15) is 0 Å². The summed E-state index contributed by atoms with van der Waals surface area (Å²) in [7, 11) is 1.90. The van der Waals surface area contributed by atoms with Gasteiger partial charge < -0.3 is 4.74 Å². The van der Waals surface area contributed by atoms with Crippen LogP contribution in [0, 0.1) is 0 Å². The number of methoxy groups -OCH3 is 1. The summed E-state index contributed by atoms with van der Waals surface area (Å²) < 4.78 is 5.96. The molecule has 3 heteroatoms. The van der Waals surface area contributed by atoms with Crippen LogP contribution in [0.5, 0.6) is 0 Å². The van der Waals surface area contributed by atoms with E-state index in [2.05, 4.69) is 36.6 Å². The van der Waals surface area contributed by atoms with Crippen molar-refractivity contribution >= 4 is 11.3 Å². The maximum absolute atomic E-state index is 5.96. The average molecular weight is 344 g/mol. The van der Waals surface area contributed by atoms with Crippen molar-refractivity contribution in [1.29, 1.82) is 0 Å². The molecule has 1 aliphatic carbocycles. The van der Waals surface area contributed by atoms with Crippen molar-refractivity contribution in [3.8, 4) is 10.4 Å². The predicted molar refractivity (Wildman–Crippen MR) is 103 cm³/mol. The van der Waals surface area contributed by atoms with Crippen molar-refractivity contribution in [2.24, 2.45) is 0 Å². The number of unbranched alkanes of at least 4 members (excludes halogenated alkanes) is 2. The zero-order chi connectivity index (χ0) is 16.8. The molecule has 0 saturated heterocycles. The molecule has 1 aliphatic rings. The highest BCUT2D eigenvalue weighted by molar-refractivity contribution is 7.13. The first kappa shape index (κ1) is 17.6. The minimum absolute atomic E-state index is 0.128. The van der Waals surface area contributed by atoms with Crippen LogP contribution in [-0.2, 0) is 4.74 Å². The second-order valence-corrected chi connectivity index (χ2v) is 8.02. The number of hydrogen-bond acceptors (Lipinski definition) is 3. The normalized spacial score (nSPS) is 24.2. The summed E-state index contributed by atoms with van der Waals surface area (Å²) >= 11 is 1.77. The van der Waals surface area contributed by atoms with Gasteiger partial charge in [-0.1, -0.05) is 38.3 Å². The molecular weight excluding hydrogens is 314 g/mol. The number of pyridine rings is 1. The summed E-state index contributed by atoms with van der Waals surface area (Å²) in [5.74, 6) is 0.594. The van der Waals surface area contributed by atoms with Gasteiger partial charge in [-0.3, -0.25) is 4.98 Å². The first-order chi connectivity index (χ1) is 11.8. The van der Waals surface area contributed by atoms with Gasteiger partial charge in [0.2, 0.25) is 0 Å². The van der Waals surface area contributed by atoms with Gasteiger partial charge in [-0.15, -0.1) is 11.3 Å². The number of ether oxygens (including phenoxy) is 1. The first-order valence-electron chi connectivity index (χ1n) is 9.31. The lowest BCUT2D eigenvalue weighted by Gasteiger charge is -2.39. The topological polar surface area (TPSA) is 22.1 Å². The van der Waals surface area contributed by atoms with Crippen LogP contribution >= 0.6 is 11.3 Å². The maximum atomic E-state index is 5.96. The smallest absolute Gasteiger partial charge is 0.0679 e. The second kappa shape index (κ2) is 8.26. The lowest BCUT2D eigenvalue weighted by molar-refractivity contribution is -0.0508. The molecule has 0 aliphatic heterocycles. The molecule has 0 atom stereocenters. The van der Waals surface area contributed by atoms with Crippen molar-refractivity contribution in [3.05, 3.63) is 41.5 Å². The standard InChI is InChI=1S/C21H29NOS/c1-3-4-5-12-21(23-2)13-10-17(11-14-21)19-9-8-18(16-22-19)20-7-6-15-24-20/h6-9,15-17H,3-5,10-14H2,1-2H3/t17-,21-. The van der Waals surface area contributed by atoms with Crippen LogP contribution in [0.1, 0.15) is 69.9 Å². The van der Waals surface area contributed by atoms with Gasteiger partial charge in [0.25, 0.3) is 0 Å². The van der Waals surface area contributed by atoms with E-state index in [1.807, 2.05) is 13.3 Å². The van der Waals surface area contributed by atoms with Crippen molar-refractivity contribution in [2.75, 3.05) is 7.11 Å². The molecule has 0 aromatic carbocycles. The fourth-order valence-corrected chi connectivity index (χ4v) is 4.65. The van der Waals surface area contributed by atoms with Crippen molar-refractivity contribution in [1.82, 2.24) is 4.98 Å². The van der Waals surface area contributed by atoms with E-state index in [1.165, 1.54) is 67.5 Å². The van der Waals surface area contributed by atoms with Crippen molar-refractivity contribution in [3.63, 3.8) is 0 Å². The average Bonchev–Trinajstić information content (AvgIpc) is 3.17. The van der Waals surface area contributed by atoms with Gasteiger partial charge in [0.1, 0.15) is 0 Å². The fourth-order valence-electron chi connectivity index (χ4n) is 3.93. The van der Waals surface area contributed by atoms with E-state index in [-0.39, 0.29) is 5.60 Å². The van der Waals surface area contributed by atoms with E-state index >= 15 is 0 Å². The number of nitrogens with zero attached hydrogens (tertiary/aromatic N) is 1. The highest BCUT2D eigenvalue weighted by Crippen LogP contribution is 2.42. The molecule has 130 valence electrons. The quantitative estimate of drug-likeness (QED) is 0.540. The third-order valence-electron chi connectivity index (χ3n) is 5.58. The minimum atomic E-state index is 0.128. The Morgan fingerprint density at radius 3 is 2.62 bits per heavy atom. The number of rotatable bonds is 7. The zero-order valence-corrected chi connectivity index (χ0v) is 15.8. The zero-order valence-electron chi connectivity index (χ0n) is 15.0. The first-order valence-corrected chi connectivity index (χ1v) is 10.2. The van der Waals surface area contributed by atoms with Gasteiger partial charge in [-0.05, 0) is 49.6 Å². The van der Waals surface area contributed by atoms with Crippen LogP contribution in [0.2, 0.25) is 0 Å². The summed E-state index contributed by atoms with van der Waals surface area (Å²) in [6.45, 7) is 2.27.